The molecule has 3 heterocycles. The van der Waals surface area contributed by atoms with Crippen molar-refractivity contribution in [1.82, 2.24) is 46.4 Å². The zero-order valence-corrected chi connectivity index (χ0v) is 43.8. The first-order valence-corrected chi connectivity index (χ1v) is 26.5. The summed E-state index contributed by atoms with van der Waals surface area (Å²) in [4.78, 5) is 97.8. The van der Waals surface area contributed by atoms with E-state index in [4.69, 9.17) is 0 Å². The van der Waals surface area contributed by atoms with E-state index in [9.17, 15) is 33.6 Å². The molecule has 7 N–H and O–H groups in total. The number of carbonyl (C=O) groups excluding carboxylic acids is 7. The zero-order chi connectivity index (χ0) is 52.0. The fraction of sp³-hybridized carbons (Fsp3) is 0.589. The lowest BCUT2D eigenvalue weighted by atomic mass is 9.89. The molecule has 1 aliphatic heterocycles. The number of nitrogens with zero attached hydrogens (tertiary/aromatic N) is 2. The largest absolute Gasteiger partial charge is 0.353 e. The molecule has 0 saturated carbocycles. The zero-order valence-electron chi connectivity index (χ0n) is 43.8. The number of aromatic nitrogens is 2. The predicted molar refractivity (Wildman–Crippen MR) is 284 cm³/mol. The molecule has 0 radical (unpaired) electrons. The van der Waals surface area contributed by atoms with E-state index in [1.54, 1.807) is 0 Å². The first-order valence-electron chi connectivity index (χ1n) is 26.5. The van der Waals surface area contributed by atoms with E-state index >= 15 is 0 Å². The van der Waals surface area contributed by atoms with Crippen LogP contribution in [0.3, 0.4) is 0 Å². The number of amides is 5. The molecule has 16 heteroatoms. The van der Waals surface area contributed by atoms with Crippen molar-refractivity contribution in [1.29, 1.82) is 0 Å². The molecule has 1 aliphatic rings. The van der Waals surface area contributed by atoms with Crippen molar-refractivity contribution >= 4 is 62.9 Å². The maximum atomic E-state index is 14.6. The highest BCUT2D eigenvalue weighted by Crippen LogP contribution is 2.31. The molecule has 6 atom stereocenters. The molecule has 2 aromatic carbocycles. The van der Waals surface area contributed by atoms with Crippen LogP contribution in [0.1, 0.15) is 159 Å². The van der Waals surface area contributed by atoms with Gasteiger partial charge in [0.1, 0.15) is 11.6 Å². The van der Waals surface area contributed by atoms with Crippen LogP contribution in [-0.2, 0) is 47.7 Å². The third kappa shape index (κ3) is 18.3. The Morgan fingerprint density at radius 1 is 0.528 bits per heavy atom. The van der Waals surface area contributed by atoms with Gasteiger partial charge >= 0.3 is 0 Å². The molecule has 0 bridgehead atoms. The van der Waals surface area contributed by atoms with Crippen LogP contribution in [0.15, 0.2) is 60.9 Å². The SMILES string of the molecule is CCCCCC1CC(=O)NC(CCCCNC)CC(=O)CC(CCCCNC)CC(=O)NC(CCC(C)=O)CC(=O)NC(c2cn(C)c3ccccc23)CC(=O)NC(c2cn(C)c3ccccc23)CC(=O)N1. The highest BCUT2D eigenvalue weighted by atomic mass is 16.2. The normalized spacial score (nSPS) is 21.9. The number of aryl methyl sites for hydroxylation is 2. The first kappa shape index (κ1) is 57.0. The van der Waals surface area contributed by atoms with Crippen molar-refractivity contribution in [3.05, 3.63) is 72.1 Å². The van der Waals surface area contributed by atoms with Crippen molar-refractivity contribution < 1.29 is 33.6 Å². The third-order valence-corrected chi connectivity index (χ3v) is 14.0. The molecule has 1 saturated heterocycles. The van der Waals surface area contributed by atoms with Crippen LogP contribution in [0, 0.1) is 5.92 Å². The van der Waals surface area contributed by atoms with Gasteiger partial charge in [-0.25, -0.2) is 0 Å². The summed E-state index contributed by atoms with van der Waals surface area (Å²) in [5.41, 5.74) is 3.30. The maximum absolute atomic E-state index is 14.6. The number of unbranched alkanes of at least 4 members (excludes halogenated alkanes) is 4. The standard InChI is InChI=1S/C56H83N9O7/c1-7-8-9-19-41-32-53(69)59-40(20-15-17-28-58-4)31-43(67)29-39(18-14-16-27-57-3)30-52(68)61-42(26-25-38(2)66)33-54(70)62-49(47-37-65(6)51-24-13-11-22-45(47)51)35-56(72)63-48(34-55(71)60-41)46-36-64(5)50-23-12-10-21-44(46)50/h10-13,21-24,36-37,39-42,48-49,57-58H,7-9,14-20,25-35H2,1-6H3,(H,59,69)(H,60,71)(H,61,68)(H,62,70)(H,63,72). The van der Waals surface area contributed by atoms with Crippen molar-refractivity contribution in [2.45, 2.75) is 166 Å². The van der Waals surface area contributed by atoms with E-state index in [1.807, 2.05) is 98.2 Å². The Hall–Kier alpha value is -5.87. The minimum atomic E-state index is -0.818. The lowest BCUT2D eigenvalue weighted by Gasteiger charge is -2.26. The Balaban J connectivity index is 1.54. The molecule has 72 heavy (non-hydrogen) atoms. The molecular formula is C56H83N9O7. The number of ketones is 2. The van der Waals surface area contributed by atoms with E-state index in [1.165, 1.54) is 6.92 Å². The number of Topliss-reactive ketones (excluding diaryl/α,β-unsaturated/α-hetero) is 2. The lowest BCUT2D eigenvalue weighted by Crippen LogP contribution is -2.44. The van der Waals surface area contributed by atoms with Crippen molar-refractivity contribution in [2.24, 2.45) is 20.0 Å². The topological polar surface area (TPSA) is 214 Å². The Bertz CT molecular complexity index is 2430. The summed E-state index contributed by atoms with van der Waals surface area (Å²) in [5.74, 6) is -2.11. The summed E-state index contributed by atoms with van der Waals surface area (Å²) < 4.78 is 3.91. The summed E-state index contributed by atoms with van der Waals surface area (Å²) in [7, 11) is 7.59. The smallest absolute Gasteiger partial charge is 0.222 e. The van der Waals surface area contributed by atoms with E-state index < -0.39 is 42.0 Å². The molecule has 5 rings (SSSR count). The van der Waals surface area contributed by atoms with Gasteiger partial charge in [0, 0.05) is 116 Å². The number of rotatable bonds is 19. The number of fused-ring (bicyclic) bond motifs is 2. The van der Waals surface area contributed by atoms with Gasteiger partial charge in [0.05, 0.1) is 24.9 Å². The van der Waals surface area contributed by atoms with E-state index in [-0.39, 0.29) is 93.0 Å². The van der Waals surface area contributed by atoms with Crippen LogP contribution < -0.4 is 37.2 Å². The summed E-state index contributed by atoms with van der Waals surface area (Å²) in [6.45, 7) is 5.16. The van der Waals surface area contributed by atoms with Crippen molar-refractivity contribution in [2.75, 3.05) is 27.2 Å². The molecule has 1 fully saturated rings. The van der Waals surface area contributed by atoms with E-state index in [2.05, 4.69) is 44.1 Å². The molecule has 0 aliphatic carbocycles. The molecule has 4 aromatic rings. The number of hydrogen-bond acceptors (Lipinski definition) is 9. The average molecular weight is 994 g/mol. The molecule has 16 nitrogen and oxygen atoms in total. The van der Waals surface area contributed by atoms with Gasteiger partial charge in [-0.1, -0.05) is 75.4 Å². The number of hydrogen-bond donors (Lipinski definition) is 7. The maximum Gasteiger partial charge on any atom is 0.222 e. The third-order valence-electron chi connectivity index (χ3n) is 14.0. The van der Waals surface area contributed by atoms with Crippen LogP contribution in [0.2, 0.25) is 0 Å². The highest BCUT2D eigenvalue weighted by molar-refractivity contribution is 5.90. The van der Waals surface area contributed by atoms with Crippen molar-refractivity contribution in [3.8, 4) is 0 Å². The number of benzene rings is 2. The van der Waals surface area contributed by atoms with Gasteiger partial charge in [-0.3, -0.25) is 28.8 Å². The van der Waals surface area contributed by atoms with Crippen LogP contribution in [-0.4, -0.2) is 95.5 Å². The van der Waals surface area contributed by atoms with Gasteiger partial charge in [0.15, 0.2) is 0 Å². The lowest BCUT2D eigenvalue weighted by molar-refractivity contribution is -0.126. The van der Waals surface area contributed by atoms with Crippen LogP contribution >= 0.6 is 0 Å². The van der Waals surface area contributed by atoms with Gasteiger partial charge < -0.3 is 51.1 Å². The minimum absolute atomic E-state index is 0.0212. The molecule has 394 valence electrons. The Labute approximate surface area is 426 Å². The predicted octanol–water partition coefficient (Wildman–Crippen LogP) is 6.80. The van der Waals surface area contributed by atoms with E-state index in [0.29, 0.717) is 19.3 Å². The van der Waals surface area contributed by atoms with Gasteiger partial charge in [0.25, 0.3) is 0 Å². The summed E-state index contributed by atoms with van der Waals surface area (Å²) in [5, 5.41) is 23.8. The molecule has 5 amide bonds. The molecule has 0 spiro atoms. The minimum Gasteiger partial charge on any atom is -0.353 e. The number of nitrogens with one attached hydrogen (secondary N) is 7. The average Bonchev–Trinajstić information content (AvgIpc) is 3.85. The Morgan fingerprint density at radius 2 is 0.958 bits per heavy atom. The fourth-order valence-electron chi connectivity index (χ4n) is 10.3. The molecular weight excluding hydrogens is 911 g/mol. The van der Waals surface area contributed by atoms with Crippen molar-refractivity contribution in [3.63, 3.8) is 0 Å². The van der Waals surface area contributed by atoms with Crippen LogP contribution in [0.5, 0.6) is 0 Å². The number of carbonyl (C=O) groups is 7. The quantitative estimate of drug-likeness (QED) is 0.0492. The van der Waals surface area contributed by atoms with Gasteiger partial charge in [-0.05, 0) is 90.7 Å². The second-order valence-corrected chi connectivity index (χ2v) is 20.2. The van der Waals surface area contributed by atoms with E-state index in [0.717, 1.165) is 91.0 Å². The highest BCUT2D eigenvalue weighted by Gasteiger charge is 2.30. The fourth-order valence-corrected chi connectivity index (χ4v) is 10.3. The Kier molecular flexibility index (Phi) is 23.4. The van der Waals surface area contributed by atoms with Crippen LogP contribution in [0.25, 0.3) is 21.8 Å². The molecule has 2 aromatic heterocycles. The summed E-state index contributed by atoms with van der Waals surface area (Å²) in [6.07, 6.45) is 11.9. The second-order valence-electron chi connectivity index (χ2n) is 20.2. The summed E-state index contributed by atoms with van der Waals surface area (Å²) in [6, 6.07) is 12.3. The summed E-state index contributed by atoms with van der Waals surface area (Å²) >= 11 is 0. The second kappa shape index (κ2) is 29.6. The Morgan fingerprint density at radius 3 is 1.47 bits per heavy atom. The van der Waals surface area contributed by atoms with Gasteiger partial charge in [-0.15, -0.1) is 0 Å². The van der Waals surface area contributed by atoms with Gasteiger partial charge in [-0.2, -0.15) is 0 Å². The van der Waals surface area contributed by atoms with Crippen LogP contribution in [0.4, 0.5) is 0 Å². The molecule has 6 unspecified atom stereocenters. The first-order chi connectivity index (χ1) is 34.7. The monoisotopic (exact) mass is 994 g/mol. The number of para-hydroxylation sites is 2. The van der Waals surface area contributed by atoms with Gasteiger partial charge in [0.2, 0.25) is 29.5 Å².